The molecule has 0 amide bonds. The van der Waals surface area contributed by atoms with Crippen molar-refractivity contribution in [1.29, 1.82) is 0 Å². The minimum absolute atomic E-state index is 0.212. The predicted octanol–water partition coefficient (Wildman–Crippen LogP) is 2.31. The van der Waals surface area contributed by atoms with Crippen molar-refractivity contribution in [2.24, 2.45) is 0 Å². The summed E-state index contributed by atoms with van der Waals surface area (Å²) in [5.41, 5.74) is 1.34. The first kappa shape index (κ1) is 17.4. The number of rotatable bonds is 6. The molecule has 0 spiro atoms. The second-order valence-electron chi connectivity index (χ2n) is 5.09. The van der Waals surface area contributed by atoms with Gasteiger partial charge in [0.15, 0.2) is 12.1 Å². The van der Waals surface area contributed by atoms with Crippen molar-refractivity contribution in [2.45, 2.75) is 19.4 Å². The SMILES string of the molecule is CC(O)Oc1ccc(C(=O)c2ccc(CP(=O)(O)O)cc2)cc1. The highest BCUT2D eigenvalue weighted by Crippen LogP contribution is 2.38. The van der Waals surface area contributed by atoms with Gasteiger partial charge in [0.1, 0.15) is 5.75 Å². The van der Waals surface area contributed by atoms with Crippen LogP contribution in [-0.2, 0) is 10.7 Å². The first-order chi connectivity index (χ1) is 10.7. The van der Waals surface area contributed by atoms with Crippen LogP contribution in [0.1, 0.15) is 28.4 Å². The number of carbonyl (C=O) groups is 1. The molecule has 0 aliphatic rings. The average Bonchev–Trinajstić information content (AvgIpc) is 2.46. The first-order valence-electron chi connectivity index (χ1n) is 6.87. The third kappa shape index (κ3) is 5.30. The Bertz CT molecular complexity index is 715. The van der Waals surface area contributed by atoms with Crippen LogP contribution in [0.4, 0.5) is 0 Å². The number of hydrogen-bond donors (Lipinski definition) is 3. The molecule has 122 valence electrons. The molecule has 2 aromatic carbocycles. The summed E-state index contributed by atoms with van der Waals surface area (Å²) in [6, 6.07) is 12.5. The average molecular weight is 336 g/mol. The van der Waals surface area contributed by atoms with E-state index in [1.165, 1.54) is 31.2 Å². The van der Waals surface area contributed by atoms with Crippen molar-refractivity contribution in [3.8, 4) is 5.75 Å². The molecule has 6 nitrogen and oxygen atoms in total. The van der Waals surface area contributed by atoms with Gasteiger partial charge in [0.05, 0.1) is 6.16 Å². The molecule has 0 fully saturated rings. The number of ether oxygens (including phenoxy) is 1. The fourth-order valence-electron chi connectivity index (χ4n) is 2.05. The highest BCUT2D eigenvalue weighted by Gasteiger charge is 2.15. The minimum atomic E-state index is -4.12. The number of benzene rings is 2. The van der Waals surface area contributed by atoms with E-state index in [4.69, 9.17) is 19.6 Å². The molecule has 0 bridgehead atoms. The van der Waals surface area contributed by atoms with Crippen molar-refractivity contribution < 1.29 is 29.0 Å². The summed E-state index contributed by atoms with van der Waals surface area (Å²) in [5, 5.41) is 9.12. The van der Waals surface area contributed by atoms with E-state index in [1.807, 2.05) is 0 Å². The van der Waals surface area contributed by atoms with E-state index >= 15 is 0 Å². The predicted molar refractivity (Wildman–Crippen MR) is 84.4 cm³/mol. The summed E-state index contributed by atoms with van der Waals surface area (Å²) in [5.74, 6) is 0.241. The maximum absolute atomic E-state index is 12.3. The van der Waals surface area contributed by atoms with Crippen molar-refractivity contribution in [1.82, 2.24) is 0 Å². The summed E-state index contributed by atoms with van der Waals surface area (Å²) in [6.45, 7) is 1.48. The number of ketones is 1. The Balaban J connectivity index is 2.12. The van der Waals surface area contributed by atoms with Crippen LogP contribution >= 0.6 is 7.60 Å². The molecule has 2 aromatic rings. The Morgan fingerprint density at radius 3 is 1.96 bits per heavy atom. The molecule has 2 rings (SSSR count). The van der Waals surface area contributed by atoms with Crippen LogP contribution in [0.5, 0.6) is 5.75 Å². The summed E-state index contributed by atoms with van der Waals surface area (Å²) in [7, 11) is -4.12. The van der Waals surface area contributed by atoms with Crippen molar-refractivity contribution in [3.63, 3.8) is 0 Å². The van der Waals surface area contributed by atoms with Gasteiger partial charge in [-0.25, -0.2) is 0 Å². The van der Waals surface area contributed by atoms with E-state index < -0.39 is 13.9 Å². The molecule has 1 atom stereocenters. The van der Waals surface area contributed by atoms with Crippen molar-refractivity contribution >= 4 is 13.4 Å². The van der Waals surface area contributed by atoms with Gasteiger partial charge in [-0.05, 0) is 36.8 Å². The van der Waals surface area contributed by atoms with Gasteiger partial charge in [-0.2, -0.15) is 0 Å². The van der Waals surface area contributed by atoms with E-state index in [9.17, 15) is 9.36 Å². The van der Waals surface area contributed by atoms with Crippen LogP contribution in [-0.4, -0.2) is 27.0 Å². The van der Waals surface area contributed by atoms with Gasteiger partial charge < -0.3 is 19.6 Å². The van der Waals surface area contributed by atoms with Gasteiger partial charge in [0, 0.05) is 11.1 Å². The molecule has 0 saturated heterocycles. The lowest BCUT2D eigenvalue weighted by Gasteiger charge is -2.09. The molecule has 0 aromatic heterocycles. The minimum Gasteiger partial charge on any atom is -0.465 e. The first-order valence-corrected chi connectivity index (χ1v) is 8.67. The third-order valence-electron chi connectivity index (χ3n) is 3.03. The van der Waals surface area contributed by atoms with E-state index in [0.717, 1.165) is 0 Å². The van der Waals surface area contributed by atoms with Crippen LogP contribution < -0.4 is 4.74 Å². The zero-order chi connectivity index (χ0) is 17.0. The molecule has 3 N–H and O–H groups in total. The zero-order valence-corrected chi connectivity index (χ0v) is 13.3. The fourth-order valence-corrected chi connectivity index (χ4v) is 2.73. The monoisotopic (exact) mass is 336 g/mol. The largest absolute Gasteiger partial charge is 0.465 e. The fraction of sp³-hybridized carbons (Fsp3) is 0.188. The Labute approximate surface area is 133 Å². The van der Waals surface area contributed by atoms with Crippen LogP contribution in [0.15, 0.2) is 48.5 Å². The smallest absolute Gasteiger partial charge is 0.329 e. The quantitative estimate of drug-likeness (QED) is 0.425. The molecule has 0 saturated carbocycles. The molecule has 0 aliphatic heterocycles. The van der Waals surface area contributed by atoms with Gasteiger partial charge in [-0.15, -0.1) is 0 Å². The van der Waals surface area contributed by atoms with Gasteiger partial charge in [-0.3, -0.25) is 9.36 Å². The topological polar surface area (TPSA) is 104 Å². The summed E-state index contributed by atoms with van der Waals surface area (Å²) in [4.78, 5) is 30.2. The second-order valence-corrected chi connectivity index (χ2v) is 6.74. The summed E-state index contributed by atoms with van der Waals surface area (Å²) < 4.78 is 16.0. The van der Waals surface area contributed by atoms with Gasteiger partial charge >= 0.3 is 7.60 Å². The molecule has 7 heteroatoms. The Morgan fingerprint density at radius 2 is 1.52 bits per heavy atom. The van der Waals surface area contributed by atoms with Crippen molar-refractivity contribution in [3.05, 3.63) is 65.2 Å². The lowest BCUT2D eigenvalue weighted by Crippen LogP contribution is -2.09. The highest BCUT2D eigenvalue weighted by atomic mass is 31.2. The highest BCUT2D eigenvalue weighted by molar-refractivity contribution is 7.50. The number of aliphatic hydroxyl groups is 1. The van der Waals surface area contributed by atoms with Gasteiger partial charge in [-0.1, -0.05) is 24.3 Å². The van der Waals surface area contributed by atoms with E-state index in [1.54, 1.807) is 24.3 Å². The molecular formula is C16H17O6P. The lowest BCUT2D eigenvalue weighted by atomic mass is 10.0. The molecular weight excluding hydrogens is 319 g/mol. The number of carbonyl (C=O) groups excluding carboxylic acids is 1. The summed E-state index contributed by atoms with van der Waals surface area (Å²) in [6.07, 6.45) is -1.29. The van der Waals surface area contributed by atoms with E-state index in [0.29, 0.717) is 22.4 Å². The van der Waals surface area contributed by atoms with E-state index in [2.05, 4.69) is 0 Å². The third-order valence-corrected chi connectivity index (χ3v) is 3.80. The maximum Gasteiger partial charge on any atom is 0.329 e. The molecule has 0 aliphatic carbocycles. The molecule has 0 heterocycles. The van der Waals surface area contributed by atoms with Crippen LogP contribution in [0, 0.1) is 0 Å². The Hall–Kier alpha value is -1.98. The lowest BCUT2D eigenvalue weighted by molar-refractivity contribution is -0.000294. The Morgan fingerprint density at radius 1 is 1.04 bits per heavy atom. The van der Waals surface area contributed by atoms with Crippen LogP contribution in [0.3, 0.4) is 0 Å². The zero-order valence-electron chi connectivity index (χ0n) is 12.4. The molecule has 23 heavy (non-hydrogen) atoms. The van der Waals surface area contributed by atoms with Gasteiger partial charge in [0.2, 0.25) is 0 Å². The van der Waals surface area contributed by atoms with Crippen LogP contribution in [0.2, 0.25) is 0 Å². The normalized spacial score (nSPS) is 12.7. The van der Waals surface area contributed by atoms with E-state index in [-0.39, 0.29) is 11.9 Å². The number of hydrogen-bond acceptors (Lipinski definition) is 4. The van der Waals surface area contributed by atoms with Crippen molar-refractivity contribution in [2.75, 3.05) is 0 Å². The van der Waals surface area contributed by atoms with Crippen LogP contribution in [0.25, 0.3) is 0 Å². The molecule has 1 unspecified atom stereocenters. The standard InChI is InChI=1S/C16H17O6P/c1-11(17)22-15-8-6-14(7-9-15)16(18)13-4-2-12(3-5-13)10-23(19,20)21/h2-9,11,17H,10H2,1H3,(H2,19,20,21). The second kappa shape index (κ2) is 7.06. The molecule has 0 radical (unpaired) electrons. The Kier molecular flexibility index (Phi) is 5.34. The number of aliphatic hydroxyl groups excluding tert-OH is 1. The maximum atomic E-state index is 12.3. The summed E-state index contributed by atoms with van der Waals surface area (Å²) >= 11 is 0. The van der Waals surface area contributed by atoms with Gasteiger partial charge in [0.25, 0.3) is 0 Å².